The van der Waals surface area contributed by atoms with Gasteiger partial charge in [-0.15, -0.1) is 0 Å². The second-order valence-corrected chi connectivity index (χ2v) is 4.87. The van der Waals surface area contributed by atoms with Gasteiger partial charge in [-0.05, 0) is 32.6 Å². The molecule has 0 atom stereocenters. The van der Waals surface area contributed by atoms with Gasteiger partial charge in [-0.25, -0.2) is 0 Å². The van der Waals surface area contributed by atoms with E-state index in [1.54, 1.807) is 0 Å². The molecular weight excluding hydrogens is 214 g/mol. The van der Waals surface area contributed by atoms with Crippen molar-refractivity contribution in [3.8, 4) is 0 Å². The van der Waals surface area contributed by atoms with Gasteiger partial charge >= 0.3 is 0 Å². The quantitative estimate of drug-likeness (QED) is 0.661. The molecule has 12 heavy (non-hydrogen) atoms. The third kappa shape index (κ3) is 3.06. The minimum absolute atomic E-state index is 0.711. The van der Waals surface area contributed by atoms with Crippen LogP contribution >= 0.6 is 15.9 Å². The first-order valence-corrected chi connectivity index (χ1v) is 6.16. The van der Waals surface area contributed by atoms with Crippen LogP contribution in [0.3, 0.4) is 0 Å². The fourth-order valence-corrected chi connectivity index (χ4v) is 2.13. The zero-order valence-corrected chi connectivity index (χ0v) is 9.81. The molecule has 1 saturated carbocycles. The molecule has 0 saturated heterocycles. The van der Waals surface area contributed by atoms with Crippen LogP contribution < -0.4 is 0 Å². The van der Waals surface area contributed by atoms with Crippen molar-refractivity contribution in [2.75, 3.05) is 18.4 Å². The largest absolute Gasteiger partial charge is 0.300 e. The molecule has 0 bridgehead atoms. The van der Waals surface area contributed by atoms with Crippen LogP contribution in [-0.4, -0.2) is 29.4 Å². The van der Waals surface area contributed by atoms with Crippen LogP contribution in [0, 0.1) is 5.92 Å². The number of rotatable bonds is 5. The molecule has 0 aromatic carbocycles. The molecule has 0 aromatic heterocycles. The Morgan fingerprint density at radius 3 is 2.42 bits per heavy atom. The first-order chi connectivity index (χ1) is 5.74. The number of hydrogen-bond donors (Lipinski definition) is 0. The molecular formula is C10H20BrN. The number of halogens is 1. The van der Waals surface area contributed by atoms with Crippen LogP contribution in [0.25, 0.3) is 0 Å². The summed E-state index contributed by atoms with van der Waals surface area (Å²) in [6.07, 6.45) is 4.39. The molecule has 0 aromatic rings. The van der Waals surface area contributed by atoms with E-state index in [1.807, 2.05) is 0 Å². The predicted octanol–water partition coefficient (Wildman–Crippen LogP) is 2.89. The molecule has 1 rings (SSSR count). The monoisotopic (exact) mass is 233 g/mol. The van der Waals surface area contributed by atoms with Crippen molar-refractivity contribution in [1.29, 1.82) is 0 Å². The van der Waals surface area contributed by atoms with Crippen LogP contribution in [-0.2, 0) is 0 Å². The summed E-state index contributed by atoms with van der Waals surface area (Å²) in [5.74, 6) is 1.01. The summed E-state index contributed by atoms with van der Waals surface area (Å²) in [7, 11) is 0. The van der Waals surface area contributed by atoms with Crippen molar-refractivity contribution in [1.82, 2.24) is 4.90 Å². The molecule has 72 valence electrons. The molecule has 2 heteroatoms. The fourth-order valence-electron chi connectivity index (χ4n) is 1.68. The Hall–Kier alpha value is 0.440. The lowest BCUT2D eigenvalue weighted by Gasteiger charge is -2.34. The van der Waals surface area contributed by atoms with Crippen molar-refractivity contribution in [3.63, 3.8) is 0 Å². The lowest BCUT2D eigenvalue weighted by Crippen LogP contribution is -2.38. The lowest BCUT2D eigenvalue weighted by atomic mass is 9.85. The molecule has 0 radical (unpaired) electrons. The zero-order chi connectivity index (χ0) is 8.97. The number of alkyl halides is 1. The summed E-state index contributed by atoms with van der Waals surface area (Å²) in [6.45, 7) is 7.11. The number of nitrogens with zero attached hydrogens (tertiary/aromatic N) is 1. The van der Waals surface area contributed by atoms with Crippen LogP contribution in [0.15, 0.2) is 0 Å². The summed E-state index contributed by atoms with van der Waals surface area (Å²) < 4.78 is 0. The summed E-state index contributed by atoms with van der Waals surface area (Å²) >= 11 is 3.51. The Labute approximate surface area is 84.6 Å². The van der Waals surface area contributed by atoms with Gasteiger partial charge in [-0.3, -0.25) is 4.90 Å². The van der Waals surface area contributed by atoms with Crippen molar-refractivity contribution >= 4 is 15.9 Å². The molecule has 0 heterocycles. The van der Waals surface area contributed by atoms with Gasteiger partial charge in [0.2, 0.25) is 0 Å². The molecule has 1 nitrogen and oxygen atoms in total. The SMILES string of the molecule is CC(C)N(CCBr)CC1CCC1. The highest BCUT2D eigenvalue weighted by molar-refractivity contribution is 9.09. The first-order valence-electron chi connectivity index (χ1n) is 5.04. The highest BCUT2D eigenvalue weighted by Gasteiger charge is 2.21. The highest BCUT2D eigenvalue weighted by atomic mass is 79.9. The molecule has 1 aliphatic carbocycles. The van der Waals surface area contributed by atoms with E-state index < -0.39 is 0 Å². The minimum atomic E-state index is 0.711. The summed E-state index contributed by atoms with van der Waals surface area (Å²) in [4.78, 5) is 2.58. The van der Waals surface area contributed by atoms with E-state index in [0.29, 0.717) is 6.04 Å². The number of hydrogen-bond acceptors (Lipinski definition) is 1. The third-order valence-corrected chi connectivity index (χ3v) is 3.17. The van der Waals surface area contributed by atoms with Gasteiger partial charge in [0.15, 0.2) is 0 Å². The predicted molar refractivity (Wildman–Crippen MR) is 57.8 cm³/mol. The van der Waals surface area contributed by atoms with Gasteiger partial charge in [0.1, 0.15) is 0 Å². The molecule has 0 N–H and O–H groups in total. The molecule has 0 spiro atoms. The van der Waals surface area contributed by atoms with Gasteiger partial charge in [-0.1, -0.05) is 22.4 Å². The van der Waals surface area contributed by atoms with Crippen LogP contribution in [0.1, 0.15) is 33.1 Å². The molecule has 1 fully saturated rings. The van der Waals surface area contributed by atoms with Gasteiger partial charge in [0.05, 0.1) is 0 Å². The molecule has 0 amide bonds. The van der Waals surface area contributed by atoms with Crippen LogP contribution in [0.4, 0.5) is 0 Å². The second-order valence-electron chi connectivity index (χ2n) is 4.07. The lowest BCUT2D eigenvalue weighted by molar-refractivity contribution is 0.155. The highest BCUT2D eigenvalue weighted by Crippen LogP contribution is 2.27. The average Bonchev–Trinajstić information content (AvgIpc) is 1.93. The van der Waals surface area contributed by atoms with E-state index in [2.05, 4.69) is 34.7 Å². The van der Waals surface area contributed by atoms with Gasteiger partial charge in [-0.2, -0.15) is 0 Å². The standard InChI is InChI=1S/C10H20BrN/c1-9(2)12(7-6-11)8-10-4-3-5-10/h9-10H,3-8H2,1-2H3. The summed E-state index contributed by atoms with van der Waals surface area (Å²) in [6, 6.07) is 0.711. The molecule has 0 aliphatic heterocycles. The van der Waals surface area contributed by atoms with Crippen molar-refractivity contribution < 1.29 is 0 Å². The van der Waals surface area contributed by atoms with Crippen LogP contribution in [0.5, 0.6) is 0 Å². The Kier molecular flexibility index (Phi) is 4.59. The Morgan fingerprint density at radius 1 is 1.42 bits per heavy atom. The van der Waals surface area contributed by atoms with Crippen molar-refractivity contribution in [2.45, 2.75) is 39.2 Å². The Morgan fingerprint density at radius 2 is 2.08 bits per heavy atom. The normalized spacial score (nSPS) is 18.8. The van der Waals surface area contributed by atoms with Crippen LogP contribution in [0.2, 0.25) is 0 Å². The van der Waals surface area contributed by atoms with E-state index >= 15 is 0 Å². The van der Waals surface area contributed by atoms with E-state index in [-0.39, 0.29) is 0 Å². The van der Waals surface area contributed by atoms with Gasteiger partial charge in [0.25, 0.3) is 0 Å². The van der Waals surface area contributed by atoms with Crippen molar-refractivity contribution in [3.05, 3.63) is 0 Å². The Bertz CT molecular complexity index is 121. The van der Waals surface area contributed by atoms with Gasteiger partial charge in [0, 0.05) is 24.5 Å². The van der Waals surface area contributed by atoms with E-state index in [0.717, 1.165) is 11.2 Å². The summed E-state index contributed by atoms with van der Waals surface area (Å²) in [5, 5.41) is 1.11. The maximum atomic E-state index is 3.51. The smallest absolute Gasteiger partial charge is 0.0159 e. The molecule has 1 aliphatic rings. The maximum Gasteiger partial charge on any atom is 0.0159 e. The minimum Gasteiger partial charge on any atom is -0.300 e. The second kappa shape index (κ2) is 5.23. The van der Waals surface area contributed by atoms with Crippen molar-refractivity contribution in [2.24, 2.45) is 5.92 Å². The van der Waals surface area contributed by atoms with E-state index in [1.165, 1.54) is 32.4 Å². The molecule has 0 unspecified atom stereocenters. The van der Waals surface area contributed by atoms with Gasteiger partial charge < -0.3 is 0 Å². The Balaban J connectivity index is 2.21. The maximum absolute atomic E-state index is 3.51. The summed E-state index contributed by atoms with van der Waals surface area (Å²) in [5.41, 5.74) is 0. The first kappa shape index (κ1) is 10.5. The zero-order valence-electron chi connectivity index (χ0n) is 8.22. The topological polar surface area (TPSA) is 3.24 Å². The average molecular weight is 234 g/mol. The van der Waals surface area contributed by atoms with E-state index in [4.69, 9.17) is 0 Å². The fraction of sp³-hybridized carbons (Fsp3) is 1.00. The van der Waals surface area contributed by atoms with E-state index in [9.17, 15) is 0 Å². The third-order valence-electron chi connectivity index (χ3n) is 2.82.